The maximum atomic E-state index is 13.4. The average molecular weight is 251 g/mol. The second-order valence-electron chi connectivity index (χ2n) is 5.85. The Morgan fingerprint density at radius 1 is 1.44 bits per heavy atom. The van der Waals surface area contributed by atoms with Crippen LogP contribution in [-0.4, -0.2) is 23.7 Å². The molecule has 98 valence electrons. The van der Waals surface area contributed by atoms with E-state index in [4.69, 9.17) is 0 Å². The van der Waals surface area contributed by atoms with E-state index in [-0.39, 0.29) is 18.1 Å². The Bertz CT molecular complexity index is 507. The smallest absolute Gasteiger partial charge is 0.237 e. The molecule has 1 atom stereocenters. The number of aliphatic hydroxyl groups is 1. The molecule has 0 spiro atoms. The standard InChI is InChI=1S/C14H18FNO2/c1-13(2,18)8-14(3)10-7-9(15)5-6-11(10)16(4)12(14)17/h5-7,18H,8H2,1-4H3. The first-order valence-corrected chi connectivity index (χ1v) is 5.96. The number of hydrogen-bond donors (Lipinski definition) is 1. The topological polar surface area (TPSA) is 40.5 Å². The van der Waals surface area contributed by atoms with Crippen molar-refractivity contribution >= 4 is 11.6 Å². The molecule has 1 aliphatic heterocycles. The lowest BCUT2D eigenvalue weighted by molar-refractivity contribution is -0.124. The first-order valence-electron chi connectivity index (χ1n) is 5.96. The van der Waals surface area contributed by atoms with Crippen molar-refractivity contribution in [2.45, 2.75) is 38.2 Å². The monoisotopic (exact) mass is 251 g/mol. The summed E-state index contributed by atoms with van der Waals surface area (Å²) in [4.78, 5) is 13.9. The van der Waals surface area contributed by atoms with Crippen molar-refractivity contribution in [2.24, 2.45) is 0 Å². The van der Waals surface area contributed by atoms with Gasteiger partial charge in [0.25, 0.3) is 0 Å². The molecule has 1 N–H and O–H groups in total. The Kier molecular flexibility index (Phi) is 2.74. The van der Waals surface area contributed by atoms with E-state index in [0.717, 1.165) is 0 Å². The van der Waals surface area contributed by atoms with E-state index in [9.17, 15) is 14.3 Å². The summed E-state index contributed by atoms with van der Waals surface area (Å²) in [7, 11) is 1.68. The Balaban J connectivity index is 2.57. The summed E-state index contributed by atoms with van der Waals surface area (Å²) in [5.41, 5.74) is -0.492. The highest BCUT2D eigenvalue weighted by Crippen LogP contribution is 2.45. The minimum atomic E-state index is -0.987. The fourth-order valence-corrected chi connectivity index (χ4v) is 2.87. The molecule has 4 heteroatoms. The third-order valence-corrected chi connectivity index (χ3v) is 3.48. The van der Waals surface area contributed by atoms with Gasteiger partial charge in [-0.15, -0.1) is 0 Å². The van der Waals surface area contributed by atoms with Crippen molar-refractivity contribution < 1.29 is 14.3 Å². The number of rotatable bonds is 2. The molecule has 1 unspecified atom stereocenters. The first-order chi connectivity index (χ1) is 8.15. The van der Waals surface area contributed by atoms with Gasteiger partial charge in [0, 0.05) is 12.7 Å². The van der Waals surface area contributed by atoms with Crippen LogP contribution in [0.5, 0.6) is 0 Å². The normalized spacial score (nSPS) is 23.4. The van der Waals surface area contributed by atoms with Crippen molar-refractivity contribution in [3.63, 3.8) is 0 Å². The van der Waals surface area contributed by atoms with Crippen LogP contribution in [0, 0.1) is 5.82 Å². The van der Waals surface area contributed by atoms with Gasteiger partial charge < -0.3 is 10.0 Å². The van der Waals surface area contributed by atoms with Gasteiger partial charge in [-0.2, -0.15) is 0 Å². The number of hydrogen-bond acceptors (Lipinski definition) is 2. The number of amides is 1. The van der Waals surface area contributed by atoms with Crippen LogP contribution >= 0.6 is 0 Å². The van der Waals surface area contributed by atoms with Gasteiger partial charge in [0.2, 0.25) is 5.91 Å². The number of nitrogens with zero attached hydrogens (tertiary/aromatic N) is 1. The van der Waals surface area contributed by atoms with E-state index >= 15 is 0 Å². The van der Waals surface area contributed by atoms with Crippen molar-refractivity contribution in [1.29, 1.82) is 0 Å². The molecule has 1 aromatic carbocycles. The number of carbonyl (C=O) groups is 1. The summed E-state index contributed by atoms with van der Waals surface area (Å²) < 4.78 is 13.4. The van der Waals surface area contributed by atoms with Gasteiger partial charge in [-0.25, -0.2) is 4.39 Å². The van der Waals surface area contributed by atoms with Crippen molar-refractivity contribution in [2.75, 3.05) is 11.9 Å². The zero-order valence-corrected chi connectivity index (χ0v) is 11.1. The van der Waals surface area contributed by atoms with Crippen LogP contribution in [0.1, 0.15) is 32.8 Å². The van der Waals surface area contributed by atoms with E-state index in [1.54, 1.807) is 33.9 Å². The van der Waals surface area contributed by atoms with Crippen LogP contribution in [0.2, 0.25) is 0 Å². The van der Waals surface area contributed by atoms with Crippen LogP contribution in [0.3, 0.4) is 0 Å². The second kappa shape index (κ2) is 3.79. The summed E-state index contributed by atoms with van der Waals surface area (Å²) in [5.74, 6) is -0.468. The van der Waals surface area contributed by atoms with Crippen molar-refractivity contribution in [3.05, 3.63) is 29.6 Å². The van der Waals surface area contributed by atoms with Gasteiger partial charge in [0.05, 0.1) is 11.0 Å². The Labute approximate surface area is 106 Å². The quantitative estimate of drug-likeness (QED) is 0.875. The maximum absolute atomic E-state index is 13.4. The number of likely N-dealkylation sites (N-methyl/N-ethyl adjacent to an activating group) is 1. The fraction of sp³-hybridized carbons (Fsp3) is 0.500. The van der Waals surface area contributed by atoms with Gasteiger partial charge >= 0.3 is 0 Å². The summed E-state index contributed by atoms with van der Waals surface area (Å²) in [6.07, 6.45) is 0.264. The number of fused-ring (bicyclic) bond motifs is 1. The van der Waals surface area contributed by atoms with Crippen LogP contribution in [0.15, 0.2) is 18.2 Å². The molecule has 1 heterocycles. The average Bonchev–Trinajstić information content (AvgIpc) is 2.39. The highest BCUT2D eigenvalue weighted by molar-refractivity contribution is 6.07. The van der Waals surface area contributed by atoms with Crippen LogP contribution in [0.25, 0.3) is 0 Å². The highest BCUT2D eigenvalue weighted by atomic mass is 19.1. The SMILES string of the molecule is CN1C(=O)C(C)(CC(C)(C)O)c2cc(F)ccc21. The molecule has 1 aliphatic rings. The molecule has 0 bridgehead atoms. The molecule has 0 aromatic heterocycles. The van der Waals surface area contributed by atoms with Crippen molar-refractivity contribution in [1.82, 2.24) is 0 Å². The lowest BCUT2D eigenvalue weighted by Crippen LogP contribution is -2.41. The van der Waals surface area contributed by atoms with Crippen molar-refractivity contribution in [3.8, 4) is 0 Å². The van der Waals surface area contributed by atoms with E-state index in [1.807, 2.05) is 0 Å². The predicted molar refractivity (Wildman–Crippen MR) is 68.1 cm³/mol. The maximum Gasteiger partial charge on any atom is 0.237 e. The molecule has 2 rings (SSSR count). The zero-order chi connectivity index (χ0) is 13.7. The lowest BCUT2D eigenvalue weighted by atomic mass is 9.75. The van der Waals surface area contributed by atoms with E-state index < -0.39 is 11.0 Å². The molecule has 0 fully saturated rings. The molecule has 0 saturated carbocycles. The van der Waals surface area contributed by atoms with E-state index in [0.29, 0.717) is 11.3 Å². The summed E-state index contributed by atoms with van der Waals surface area (Å²) in [6, 6.07) is 4.35. The first kappa shape index (κ1) is 13.0. The molecule has 18 heavy (non-hydrogen) atoms. The number of carbonyl (C=O) groups excluding carboxylic acids is 1. The molecule has 1 amide bonds. The lowest BCUT2D eigenvalue weighted by Gasteiger charge is -2.30. The summed E-state index contributed by atoms with van der Waals surface area (Å²) in [6.45, 7) is 5.07. The van der Waals surface area contributed by atoms with E-state index in [2.05, 4.69) is 0 Å². The molecular weight excluding hydrogens is 233 g/mol. The van der Waals surface area contributed by atoms with Crippen LogP contribution in [-0.2, 0) is 10.2 Å². The molecule has 3 nitrogen and oxygen atoms in total. The minimum absolute atomic E-state index is 0.106. The van der Waals surface area contributed by atoms with Gasteiger partial charge in [0.15, 0.2) is 0 Å². The molecule has 0 saturated heterocycles. The third-order valence-electron chi connectivity index (χ3n) is 3.48. The third kappa shape index (κ3) is 1.90. The Hall–Kier alpha value is -1.42. The Morgan fingerprint density at radius 3 is 2.61 bits per heavy atom. The predicted octanol–water partition coefficient (Wildman–Crippen LogP) is 2.22. The number of anilines is 1. The zero-order valence-electron chi connectivity index (χ0n) is 11.1. The minimum Gasteiger partial charge on any atom is -0.390 e. The summed E-state index contributed by atoms with van der Waals surface area (Å²) in [5, 5.41) is 9.98. The van der Waals surface area contributed by atoms with Gasteiger partial charge in [-0.05, 0) is 51.0 Å². The second-order valence-corrected chi connectivity index (χ2v) is 5.85. The van der Waals surface area contributed by atoms with Gasteiger partial charge in [0.1, 0.15) is 5.82 Å². The highest BCUT2D eigenvalue weighted by Gasteiger charge is 2.48. The molecule has 0 radical (unpaired) electrons. The largest absolute Gasteiger partial charge is 0.390 e. The fourth-order valence-electron chi connectivity index (χ4n) is 2.87. The molecule has 0 aliphatic carbocycles. The van der Waals surface area contributed by atoms with Gasteiger partial charge in [-0.1, -0.05) is 0 Å². The summed E-state index contributed by atoms with van der Waals surface area (Å²) >= 11 is 0. The van der Waals surface area contributed by atoms with Crippen LogP contribution < -0.4 is 4.90 Å². The molecule has 1 aromatic rings. The van der Waals surface area contributed by atoms with Gasteiger partial charge in [-0.3, -0.25) is 4.79 Å². The number of benzene rings is 1. The Morgan fingerprint density at radius 2 is 2.06 bits per heavy atom. The van der Waals surface area contributed by atoms with E-state index in [1.165, 1.54) is 17.0 Å². The molecular formula is C14H18FNO2. The number of halogens is 1. The van der Waals surface area contributed by atoms with Crippen LogP contribution in [0.4, 0.5) is 10.1 Å².